The summed E-state index contributed by atoms with van der Waals surface area (Å²) in [4.78, 5) is 38.2. The Kier molecular flexibility index (Phi) is 9.44. The molecule has 1 amide bonds. The van der Waals surface area contributed by atoms with Crippen LogP contribution in [0.3, 0.4) is 0 Å². The maximum absolute atomic E-state index is 13.2. The average Bonchev–Trinajstić information content (AvgIpc) is 3.49. The maximum Gasteiger partial charge on any atom is 0.408 e. The van der Waals surface area contributed by atoms with Gasteiger partial charge in [0, 0.05) is 18.8 Å². The average molecular weight is 446 g/mol. The van der Waals surface area contributed by atoms with Gasteiger partial charge in [-0.1, -0.05) is 44.2 Å². The number of nitrogens with one attached hydrogen (secondary N) is 1. The van der Waals surface area contributed by atoms with Crippen molar-refractivity contribution in [2.75, 3.05) is 0 Å². The molecule has 2 N–H and O–H groups in total. The molecular weight excluding hydrogens is 406 g/mol. The summed E-state index contributed by atoms with van der Waals surface area (Å²) in [6, 6.07) is 8.84. The molecule has 1 aromatic rings. The Hall–Kier alpha value is -2.21. The van der Waals surface area contributed by atoms with E-state index < -0.39 is 29.8 Å². The Labute approximate surface area is 192 Å². The van der Waals surface area contributed by atoms with Gasteiger partial charge in [-0.05, 0) is 63.9 Å². The Morgan fingerprint density at radius 1 is 1.09 bits per heavy atom. The summed E-state index contributed by atoms with van der Waals surface area (Å²) in [6.07, 6.45) is 1.48. The van der Waals surface area contributed by atoms with Crippen molar-refractivity contribution in [3.63, 3.8) is 0 Å². The summed E-state index contributed by atoms with van der Waals surface area (Å²) in [5, 5.41) is 13.6. The van der Waals surface area contributed by atoms with Gasteiger partial charge in [-0.25, -0.2) is 4.79 Å². The van der Waals surface area contributed by atoms with Gasteiger partial charge in [-0.3, -0.25) is 9.59 Å². The number of aliphatic hydroxyl groups excluding tert-OH is 1. The molecule has 1 aromatic carbocycles. The third-order valence-electron chi connectivity index (χ3n) is 5.55. The number of ketones is 2. The molecule has 1 aliphatic carbocycles. The first-order valence-corrected chi connectivity index (χ1v) is 11.7. The molecule has 0 aliphatic heterocycles. The van der Waals surface area contributed by atoms with E-state index in [-0.39, 0.29) is 23.9 Å². The minimum absolute atomic E-state index is 0.0135. The van der Waals surface area contributed by atoms with E-state index in [9.17, 15) is 19.5 Å². The minimum Gasteiger partial charge on any atom is -0.444 e. The van der Waals surface area contributed by atoms with Crippen molar-refractivity contribution in [3.05, 3.63) is 35.9 Å². The number of amides is 1. The van der Waals surface area contributed by atoms with E-state index in [1.807, 2.05) is 44.2 Å². The summed E-state index contributed by atoms with van der Waals surface area (Å²) < 4.78 is 5.33. The van der Waals surface area contributed by atoms with Gasteiger partial charge < -0.3 is 15.2 Å². The molecule has 0 radical (unpaired) electrons. The quantitative estimate of drug-likeness (QED) is 0.495. The first kappa shape index (κ1) is 26.0. The van der Waals surface area contributed by atoms with Crippen LogP contribution in [0.4, 0.5) is 4.79 Å². The number of carbonyl (C=O) groups excluding carboxylic acids is 3. The molecule has 3 atom stereocenters. The number of hydrogen-bond donors (Lipinski definition) is 2. The van der Waals surface area contributed by atoms with Crippen molar-refractivity contribution in [1.29, 1.82) is 0 Å². The monoisotopic (exact) mass is 445 g/mol. The maximum atomic E-state index is 13.2. The second-order valence-electron chi connectivity index (χ2n) is 10.5. The van der Waals surface area contributed by atoms with Crippen molar-refractivity contribution in [2.45, 2.75) is 90.9 Å². The number of ether oxygens (including phenoxy) is 1. The van der Waals surface area contributed by atoms with Crippen LogP contribution in [-0.2, 0) is 20.7 Å². The number of benzene rings is 1. The first-order valence-electron chi connectivity index (χ1n) is 11.7. The van der Waals surface area contributed by atoms with Crippen molar-refractivity contribution >= 4 is 17.7 Å². The molecule has 0 heterocycles. The standard InChI is InChI=1S/C26H39NO5/c1-17(2)13-21(27-25(31)32-26(3,4)5)22(28)16-20(14-18-9-7-6-8-10-18)24(30)23(29)15-19-11-12-19/h6-10,17,19-21,24,30H,11-16H2,1-5H3,(H,27,31)/t20?,21-,24?/m0/s1. The van der Waals surface area contributed by atoms with Gasteiger partial charge in [0.15, 0.2) is 11.6 Å². The van der Waals surface area contributed by atoms with Crippen molar-refractivity contribution in [1.82, 2.24) is 5.32 Å². The third kappa shape index (κ3) is 9.51. The number of carbonyl (C=O) groups is 3. The highest BCUT2D eigenvalue weighted by Crippen LogP contribution is 2.34. The zero-order chi connectivity index (χ0) is 23.9. The molecule has 0 spiro atoms. The van der Waals surface area contributed by atoms with Gasteiger partial charge in [-0.15, -0.1) is 0 Å². The molecule has 0 bridgehead atoms. The van der Waals surface area contributed by atoms with E-state index in [0.717, 1.165) is 18.4 Å². The van der Waals surface area contributed by atoms with Gasteiger partial charge in [0.2, 0.25) is 0 Å². The van der Waals surface area contributed by atoms with Gasteiger partial charge in [0.1, 0.15) is 11.7 Å². The lowest BCUT2D eigenvalue weighted by Gasteiger charge is -2.27. The highest BCUT2D eigenvalue weighted by atomic mass is 16.6. The Morgan fingerprint density at radius 3 is 2.25 bits per heavy atom. The third-order valence-corrected chi connectivity index (χ3v) is 5.55. The number of hydrogen-bond acceptors (Lipinski definition) is 5. The van der Waals surface area contributed by atoms with Gasteiger partial charge in [-0.2, -0.15) is 0 Å². The van der Waals surface area contributed by atoms with Gasteiger partial charge in [0.05, 0.1) is 6.04 Å². The van der Waals surface area contributed by atoms with Crippen LogP contribution in [-0.4, -0.2) is 40.5 Å². The lowest BCUT2D eigenvalue weighted by Crippen LogP contribution is -2.45. The molecule has 1 aliphatic rings. The summed E-state index contributed by atoms with van der Waals surface area (Å²) in [5.41, 5.74) is 0.292. The largest absolute Gasteiger partial charge is 0.444 e. The Balaban J connectivity index is 2.13. The lowest BCUT2D eigenvalue weighted by atomic mass is 9.84. The fourth-order valence-electron chi connectivity index (χ4n) is 3.80. The first-order chi connectivity index (χ1) is 14.9. The fourth-order valence-corrected chi connectivity index (χ4v) is 3.80. The van der Waals surface area contributed by atoms with E-state index in [1.54, 1.807) is 20.8 Å². The van der Waals surface area contributed by atoms with Crippen LogP contribution in [0.1, 0.15) is 72.3 Å². The van der Waals surface area contributed by atoms with Crippen LogP contribution in [0.15, 0.2) is 30.3 Å². The SMILES string of the molecule is CC(C)C[C@H](NC(=O)OC(C)(C)C)C(=O)CC(Cc1ccccc1)C(O)C(=O)CC1CC1. The Morgan fingerprint density at radius 2 is 1.72 bits per heavy atom. The number of Topliss-reactive ketones (excluding diaryl/α,β-unsaturated/α-hetero) is 2. The number of alkyl carbamates (subject to hydrolysis) is 1. The lowest BCUT2D eigenvalue weighted by molar-refractivity contribution is -0.132. The van der Waals surface area contributed by atoms with Gasteiger partial charge in [0.25, 0.3) is 0 Å². The summed E-state index contributed by atoms with van der Waals surface area (Å²) >= 11 is 0. The number of aliphatic hydroxyl groups is 1. The molecule has 32 heavy (non-hydrogen) atoms. The number of rotatable bonds is 12. The molecule has 0 aromatic heterocycles. The molecular formula is C26H39NO5. The molecule has 6 nitrogen and oxygen atoms in total. The van der Waals surface area contributed by atoms with E-state index in [4.69, 9.17) is 4.74 Å². The molecule has 2 rings (SSSR count). The van der Waals surface area contributed by atoms with Crippen LogP contribution in [0.5, 0.6) is 0 Å². The molecule has 1 saturated carbocycles. The van der Waals surface area contributed by atoms with Crippen LogP contribution < -0.4 is 5.32 Å². The van der Waals surface area contributed by atoms with E-state index >= 15 is 0 Å². The summed E-state index contributed by atoms with van der Waals surface area (Å²) in [5.74, 6) is -0.377. The zero-order valence-electron chi connectivity index (χ0n) is 20.1. The second-order valence-corrected chi connectivity index (χ2v) is 10.5. The van der Waals surface area contributed by atoms with Crippen molar-refractivity contribution < 1.29 is 24.2 Å². The predicted molar refractivity (Wildman–Crippen MR) is 124 cm³/mol. The van der Waals surface area contributed by atoms with Gasteiger partial charge >= 0.3 is 6.09 Å². The smallest absolute Gasteiger partial charge is 0.408 e. The van der Waals surface area contributed by atoms with Crippen LogP contribution >= 0.6 is 0 Å². The van der Waals surface area contributed by atoms with E-state index in [1.165, 1.54) is 0 Å². The fraction of sp³-hybridized carbons (Fsp3) is 0.654. The molecule has 178 valence electrons. The minimum atomic E-state index is -1.19. The predicted octanol–water partition coefficient (Wildman–Crippen LogP) is 4.47. The summed E-state index contributed by atoms with van der Waals surface area (Å²) in [6.45, 7) is 9.26. The van der Waals surface area contributed by atoms with Crippen LogP contribution in [0, 0.1) is 17.8 Å². The highest BCUT2D eigenvalue weighted by molar-refractivity contribution is 5.89. The summed E-state index contributed by atoms with van der Waals surface area (Å²) in [7, 11) is 0. The molecule has 0 saturated heterocycles. The zero-order valence-corrected chi connectivity index (χ0v) is 20.1. The van der Waals surface area contributed by atoms with E-state index in [2.05, 4.69) is 5.32 Å². The highest BCUT2D eigenvalue weighted by Gasteiger charge is 2.34. The van der Waals surface area contributed by atoms with Crippen LogP contribution in [0.2, 0.25) is 0 Å². The van der Waals surface area contributed by atoms with E-state index in [0.29, 0.717) is 25.2 Å². The van der Waals surface area contributed by atoms with Crippen LogP contribution in [0.25, 0.3) is 0 Å². The molecule has 1 fully saturated rings. The Bertz CT molecular complexity index is 764. The topological polar surface area (TPSA) is 92.7 Å². The normalized spacial score (nSPS) is 16.8. The van der Waals surface area contributed by atoms with Crippen molar-refractivity contribution in [3.8, 4) is 0 Å². The van der Waals surface area contributed by atoms with Crippen molar-refractivity contribution in [2.24, 2.45) is 17.8 Å². The second kappa shape index (κ2) is 11.6. The molecule has 2 unspecified atom stereocenters. The molecule has 6 heteroatoms.